The van der Waals surface area contributed by atoms with Gasteiger partial charge in [0.25, 0.3) is 0 Å². The van der Waals surface area contributed by atoms with Crippen molar-refractivity contribution in [3.05, 3.63) is 76.9 Å². The molecule has 5 heteroatoms. The first kappa shape index (κ1) is 20.9. The minimum atomic E-state index is 0.299. The monoisotopic (exact) mass is 420 g/mol. The fraction of sp³-hybridized carbons (Fsp3) is 0.308. The van der Waals surface area contributed by atoms with E-state index < -0.39 is 0 Å². The smallest absolute Gasteiger partial charge is 0.231 e. The highest BCUT2D eigenvalue weighted by atomic mass is 16.7. The molecule has 1 aliphatic heterocycles. The average Bonchev–Trinajstić information content (AvgIpc) is 3.29. The van der Waals surface area contributed by atoms with Gasteiger partial charge in [0.05, 0.1) is 21.3 Å². The lowest BCUT2D eigenvalue weighted by Crippen LogP contribution is -2.01. The number of aryl methyl sites for hydroxylation is 4. The van der Waals surface area contributed by atoms with Gasteiger partial charge in [-0.2, -0.15) is 0 Å². The summed E-state index contributed by atoms with van der Waals surface area (Å²) < 4.78 is 27.5. The van der Waals surface area contributed by atoms with Gasteiger partial charge >= 0.3 is 0 Å². The van der Waals surface area contributed by atoms with Crippen molar-refractivity contribution in [3.8, 4) is 28.7 Å². The number of fused-ring (bicyclic) bond motifs is 1. The van der Waals surface area contributed by atoms with Crippen LogP contribution in [0.1, 0.15) is 22.3 Å². The van der Waals surface area contributed by atoms with Gasteiger partial charge in [-0.25, -0.2) is 0 Å². The minimum absolute atomic E-state index is 0.299. The number of hydrogen-bond acceptors (Lipinski definition) is 5. The van der Waals surface area contributed by atoms with Gasteiger partial charge in [-0.05, 0) is 72.2 Å². The molecule has 4 rings (SSSR count). The molecule has 162 valence electrons. The highest BCUT2D eigenvalue weighted by Crippen LogP contribution is 2.33. The van der Waals surface area contributed by atoms with Crippen LogP contribution < -0.4 is 23.7 Å². The van der Waals surface area contributed by atoms with Crippen LogP contribution in [0.2, 0.25) is 0 Å². The van der Waals surface area contributed by atoms with Gasteiger partial charge in [0, 0.05) is 6.07 Å². The van der Waals surface area contributed by atoms with E-state index in [0.717, 1.165) is 54.4 Å². The molecule has 0 amide bonds. The zero-order valence-electron chi connectivity index (χ0n) is 18.3. The van der Waals surface area contributed by atoms with Crippen molar-refractivity contribution in [1.82, 2.24) is 0 Å². The zero-order chi connectivity index (χ0) is 21.6. The Hall–Kier alpha value is -3.34. The average molecular weight is 421 g/mol. The molecule has 0 aromatic heterocycles. The van der Waals surface area contributed by atoms with Crippen LogP contribution in [-0.2, 0) is 25.7 Å². The van der Waals surface area contributed by atoms with Gasteiger partial charge in [-0.1, -0.05) is 24.3 Å². The number of hydrogen-bond donors (Lipinski definition) is 0. The van der Waals surface area contributed by atoms with Gasteiger partial charge < -0.3 is 23.7 Å². The maximum absolute atomic E-state index is 5.82. The molecule has 0 atom stereocenters. The van der Waals surface area contributed by atoms with E-state index in [0.29, 0.717) is 6.79 Å². The molecular weight excluding hydrogens is 392 g/mol. The van der Waals surface area contributed by atoms with Gasteiger partial charge in [0.2, 0.25) is 6.79 Å². The summed E-state index contributed by atoms with van der Waals surface area (Å²) in [5.41, 5.74) is 4.80. The first-order chi connectivity index (χ1) is 15.2. The third-order valence-corrected chi connectivity index (χ3v) is 5.60. The van der Waals surface area contributed by atoms with E-state index in [1.165, 1.54) is 22.3 Å². The molecule has 0 radical (unpaired) electrons. The van der Waals surface area contributed by atoms with E-state index in [1.807, 2.05) is 12.1 Å². The topological polar surface area (TPSA) is 46.2 Å². The molecule has 0 saturated heterocycles. The molecule has 31 heavy (non-hydrogen) atoms. The standard InChI is InChI=1S/C26H28O5/c1-27-22-13-19(14-23(16-22)28-2)8-11-21-6-4-5-20(26(21)29-3)10-7-18-9-12-24-25(15-18)31-17-30-24/h4-6,9,12-16H,7-8,10-11,17H2,1-3H3. The molecule has 0 saturated carbocycles. The van der Waals surface area contributed by atoms with E-state index in [-0.39, 0.29) is 0 Å². The van der Waals surface area contributed by atoms with Crippen molar-refractivity contribution >= 4 is 0 Å². The summed E-state index contributed by atoms with van der Waals surface area (Å²) in [6, 6.07) is 18.5. The Morgan fingerprint density at radius 3 is 1.94 bits per heavy atom. The van der Waals surface area contributed by atoms with E-state index in [9.17, 15) is 0 Å². The van der Waals surface area contributed by atoms with Crippen molar-refractivity contribution in [2.45, 2.75) is 25.7 Å². The summed E-state index contributed by atoms with van der Waals surface area (Å²) in [6.07, 6.45) is 3.54. The first-order valence-corrected chi connectivity index (χ1v) is 10.5. The highest BCUT2D eigenvalue weighted by Gasteiger charge is 2.14. The predicted molar refractivity (Wildman–Crippen MR) is 120 cm³/mol. The van der Waals surface area contributed by atoms with E-state index in [1.54, 1.807) is 21.3 Å². The second-order valence-electron chi connectivity index (χ2n) is 7.52. The SMILES string of the molecule is COc1cc(CCc2cccc(CCc3ccc4c(c3)OCO4)c2OC)cc(OC)c1. The lowest BCUT2D eigenvalue weighted by Gasteiger charge is -2.14. The summed E-state index contributed by atoms with van der Waals surface area (Å²) in [7, 11) is 5.09. The first-order valence-electron chi connectivity index (χ1n) is 10.5. The van der Waals surface area contributed by atoms with Crippen molar-refractivity contribution in [3.63, 3.8) is 0 Å². The molecule has 0 aliphatic carbocycles. The van der Waals surface area contributed by atoms with Crippen LogP contribution in [0.25, 0.3) is 0 Å². The second-order valence-corrected chi connectivity index (χ2v) is 7.52. The molecule has 1 heterocycles. The predicted octanol–water partition coefficient (Wildman–Crippen LogP) is 5.01. The Balaban J connectivity index is 1.46. The highest BCUT2D eigenvalue weighted by molar-refractivity contribution is 5.46. The number of para-hydroxylation sites is 1. The quantitative estimate of drug-likeness (QED) is 0.487. The van der Waals surface area contributed by atoms with Crippen LogP contribution in [-0.4, -0.2) is 28.1 Å². The fourth-order valence-corrected chi connectivity index (χ4v) is 3.96. The number of methoxy groups -OCH3 is 3. The lowest BCUT2D eigenvalue weighted by atomic mass is 9.97. The van der Waals surface area contributed by atoms with Crippen LogP contribution in [0, 0.1) is 0 Å². The summed E-state index contributed by atoms with van der Waals surface area (Å²) in [4.78, 5) is 0. The van der Waals surface area contributed by atoms with Gasteiger partial charge in [-0.15, -0.1) is 0 Å². The molecule has 0 bridgehead atoms. The van der Waals surface area contributed by atoms with Crippen LogP contribution >= 0.6 is 0 Å². The molecule has 1 aliphatic rings. The van der Waals surface area contributed by atoms with Gasteiger partial charge in [-0.3, -0.25) is 0 Å². The Kier molecular flexibility index (Phi) is 6.51. The fourth-order valence-electron chi connectivity index (χ4n) is 3.96. The third-order valence-electron chi connectivity index (χ3n) is 5.60. The molecular formula is C26H28O5. The molecule has 0 N–H and O–H groups in total. The maximum atomic E-state index is 5.82. The largest absolute Gasteiger partial charge is 0.497 e. The Bertz CT molecular complexity index is 1020. The maximum Gasteiger partial charge on any atom is 0.231 e. The van der Waals surface area contributed by atoms with Crippen LogP contribution in [0.15, 0.2) is 54.6 Å². The molecule has 3 aromatic carbocycles. The molecule has 0 fully saturated rings. The van der Waals surface area contributed by atoms with Crippen LogP contribution in [0.5, 0.6) is 28.7 Å². The summed E-state index contributed by atoms with van der Waals surface area (Å²) in [5.74, 6) is 4.22. The Morgan fingerprint density at radius 2 is 1.29 bits per heavy atom. The van der Waals surface area contributed by atoms with Crippen molar-refractivity contribution in [2.24, 2.45) is 0 Å². The number of rotatable bonds is 9. The van der Waals surface area contributed by atoms with Gasteiger partial charge in [0.15, 0.2) is 11.5 Å². The molecule has 0 unspecified atom stereocenters. The summed E-state index contributed by atoms with van der Waals surface area (Å²) in [5, 5.41) is 0. The van der Waals surface area contributed by atoms with Crippen molar-refractivity contribution in [1.29, 1.82) is 0 Å². The van der Waals surface area contributed by atoms with Gasteiger partial charge in [0.1, 0.15) is 17.2 Å². The number of benzene rings is 3. The molecule has 3 aromatic rings. The van der Waals surface area contributed by atoms with Crippen molar-refractivity contribution < 1.29 is 23.7 Å². The summed E-state index contributed by atoms with van der Waals surface area (Å²) in [6.45, 7) is 0.299. The second kappa shape index (κ2) is 9.65. The van der Waals surface area contributed by atoms with E-state index >= 15 is 0 Å². The third kappa shape index (κ3) is 4.88. The number of ether oxygens (including phenoxy) is 5. The summed E-state index contributed by atoms with van der Waals surface area (Å²) >= 11 is 0. The van der Waals surface area contributed by atoms with Crippen LogP contribution in [0.3, 0.4) is 0 Å². The molecule has 0 spiro atoms. The lowest BCUT2D eigenvalue weighted by molar-refractivity contribution is 0.174. The Labute approximate surface area is 183 Å². The van der Waals surface area contributed by atoms with E-state index in [2.05, 4.69) is 42.5 Å². The van der Waals surface area contributed by atoms with E-state index in [4.69, 9.17) is 23.7 Å². The molecule has 5 nitrogen and oxygen atoms in total. The van der Waals surface area contributed by atoms with Crippen LogP contribution in [0.4, 0.5) is 0 Å². The van der Waals surface area contributed by atoms with Crippen molar-refractivity contribution in [2.75, 3.05) is 28.1 Å². The Morgan fingerprint density at radius 1 is 0.645 bits per heavy atom. The zero-order valence-corrected chi connectivity index (χ0v) is 18.3. The minimum Gasteiger partial charge on any atom is -0.497 e. The normalized spacial score (nSPS) is 12.0.